The van der Waals surface area contributed by atoms with Crippen LogP contribution in [-0.2, 0) is 10.0 Å². The predicted molar refractivity (Wildman–Crippen MR) is 110 cm³/mol. The van der Waals surface area contributed by atoms with Crippen molar-refractivity contribution >= 4 is 38.6 Å². The number of aromatic nitrogens is 2. The lowest BCUT2D eigenvalue weighted by molar-refractivity contribution is 0.598. The fraction of sp³-hybridized carbons (Fsp3) is 0.0500. The standard InChI is InChI=1S/C20H15N5O3S/c1-12-15(10-21)19-24-17-4-2-3-5-18(17)25(19)20(26)16(12)11-23-13-6-8-14(9-7-13)29(22,27)28/h2-9,11,23H,1H3,(H2,22,27,28). The summed E-state index contributed by atoms with van der Waals surface area (Å²) in [4.78, 5) is 17.6. The van der Waals surface area contributed by atoms with Crippen LogP contribution in [-0.4, -0.2) is 17.8 Å². The second-order valence-corrected chi connectivity index (χ2v) is 8.01. The molecule has 29 heavy (non-hydrogen) atoms. The summed E-state index contributed by atoms with van der Waals surface area (Å²) in [6, 6.07) is 15.1. The van der Waals surface area contributed by atoms with Crippen LogP contribution in [0.3, 0.4) is 0 Å². The van der Waals surface area contributed by atoms with Crippen LogP contribution in [0.25, 0.3) is 22.9 Å². The van der Waals surface area contributed by atoms with Crippen LogP contribution in [0, 0.1) is 18.3 Å². The predicted octanol–water partition coefficient (Wildman–Crippen LogP) is 1.24. The molecule has 2 heterocycles. The molecule has 4 aromatic rings. The number of hydrogen-bond acceptors (Lipinski definition) is 6. The summed E-state index contributed by atoms with van der Waals surface area (Å²) in [5, 5.41) is 18.0. The molecular weight excluding hydrogens is 390 g/mol. The Hall–Kier alpha value is -3.74. The van der Waals surface area contributed by atoms with Crippen LogP contribution >= 0.6 is 0 Å². The van der Waals surface area contributed by atoms with Crippen molar-refractivity contribution in [1.82, 2.24) is 9.38 Å². The van der Waals surface area contributed by atoms with Gasteiger partial charge < -0.3 is 5.32 Å². The molecule has 0 atom stereocenters. The minimum absolute atomic E-state index is 0.0122. The fourth-order valence-corrected chi connectivity index (χ4v) is 3.70. The molecule has 0 fully saturated rings. The van der Waals surface area contributed by atoms with E-state index in [4.69, 9.17) is 5.14 Å². The Morgan fingerprint density at radius 3 is 2.52 bits per heavy atom. The third kappa shape index (κ3) is 3.10. The molecule has 4 rings (SSSR count). The maximum absolute atomic E-state index is 13.1. The largest absolute Gasteiger partial charge is 0.361 e. The lowest BCUT2D eigenvalue weighted by Gasteiger charge is -2.05. The maximum Gasteiger partial charge on any atom is 0.265 e. The van der Waals surface area contributed by atoms with Crippen LogP contribution in [0.4, 0.5) is 5.69 Å². The molecule has 0 aliphatic rings. The number of nitrogens with zero attached hydrogens (tertiary/aromatic N) is 3. The van der Waals surface area contributed by atoms with Crippen molar-refractivity contribution in [3.8, 4) is 6.07 Å². The van der Waals surface area contributed by atoms with E-state index in [1.807, 2.05) is 6.07 Å². The third-order valence-corrected chi connectivity index (χ3v) is 5.60. The molecule has 2 aromatic carbocycles. The number of hydrogen-bond donors (Lipinski definition) is 2. The van der Waals surface area contributed by atoms with Crippen LogP contribution in [0.2, 0.25) is 0 Å². The fourth-order valence-electron chi connectivity index (χ4n) is 3.18. The summed E-state index contributed by atoms with van der Waals surface area (Å²) < 4.78 is 24.1. The lowest BCUT2D eigenvalue weighted by atomic mass is 10.1. The number of fused-ring (bicyclic) bond motifs is 3. The molecule has 0 amide bonds. The lowest BCUT2D eigenvalue weighted by Crippen LogP contribution is -2.34. The van der Waals surface area contributed by atoms with E-state index in [0.29, 0.717) is 38.7 Å². The normalized spacial score (nSPS) is 12.4. The summed E-state index contributed by atoms with van der Waals surface area (Å²) in [6.45, 7) is 1.69. The zero-order valence-corrected chi connectivity index (χ0v) is 16.1. The molecule has 0 spiro atoms. The summed E-state index contributed by atoms with van der Waals surface area (Å²) in [6.07, 6.45) is 1.50. The molecule has 0 saturated carbocycles. The highest BCUT2D eigenvalue weighted by Crippen LogP contribution is 2.18. The van der Waals surface area contributed by atoms with E-state index < -0.39 is 10.0 Å². The van der Waals surface area contributed by atoms with Gasteiger partial charge in [0.1, 0.15) is 6.07 Å². The van der Waals surface area contributed by atoms with E-state index in [1.165, 1.54) is 34.9 Å². The number of imidazole rings is 1. The Morgan fingerprint density at radius 2 is 1.86 bits per heavy atom. The minimum atomic E-state index is -3.78. The first-order valence-electron chi connectivity index (χ1n) is 8.54. The van der Waals surface area contributed by atoms with Crippen molar-refractivity contribution in [3.05, 3.63) is 75.2 Å². The number of primary sulfonamides is 1. The van der Waals surface area contributed by atoms with E-state index in [2.05, 4.69) is 16.4 Å². The second-order valence-electron chi connectivity index (χ2n) is 6.45. The zero-order chi connectivity index (χ0) is 20.8. The van der Waals surface area contributed by atoms with Gasteiger partial charge in [-0.2, -0.15) is 5.26 Å². The Kier molecular flexibility index (Phi) is 4.30. The van der Waals surface area contributed by atoms with Crippen LogP contribution in [0.1, 0.15) is 11.1 Å². The summed E-state index contributed by atoms with van der Waals surface area (Å²) in [7, 11) is -3.78. The monoisotopic (exact) mass is 405 g/mol. The number of rotatable bonds is 3. The van der Waals surface area contributed by atoms with Crippen molar-refractivity contribution in [1.29, 1.82) is 5.26 Å². The number of benzene rings is 2. The molecule has 0 unspecified atom stereocenters. The Morgan fingerprint density at radius 1 is 1.17 bits per heavy atom. The van der Waals surface area contributed by atoms with Crippen molar-refractivity contribution in [3.63, 3.8) is 0 Å². The molecule has 9 heteroatoms. The smallest absolute Gasteiger partial charge is 0.265 e. The highest BCUT2D eigenvalue weighted by Gasteiger charge is 2.16. The SMILES string of the molecule is Cc1c(C#N)c2nc3ccccc3n2c(=O)c1=CNc1ccc(S(N)(=O)=O)cc1. The van der Waals surface area contributed by atoms with Gasteiger partial charge in [0.2, 0.25) is 10.0 Å². The van der Waals surface area contributed by atoms with E-state index in [9.17, 15) is 18.5 Å². The highest BCUT2D eigenvalue weighted by molar-refractivity contribution is 7.89. The number of anilines is 1. The molecule has 0 aliphatic heterocycles. The van der Waals surface area contributed by atoms with Gasteiger partial charge in [0.05, 0.1) is 26.7 Å². The Bertz CT molecular complexity index is 1530. The Balaban J connectivity index is 1.90. The third-order valence-electron chi connectivity index (χ3n) is 4.67. The number of nitrogens with one attached hydrogen (secondary N) is 1. The highest BCUT2D eigenvalue weighted by atomic mass is 32.2. The van der Waals surface area contributed by atoms with Crippen molar-refractivity contribution < 1.29 is 8.42 Å². The average Bonchev–Trinajstić information content (AvgIpc) is 3.07. The summed E-state index contributed by atoms with van der Waals surface area (Å²) in [5.74, 6) is 0. The number of nitriles is 1. The maximum atomic E-state index is 13.1. The number of sulfonamides is 1. The molecular formula is C20H15N5O3S. The summed E-state index contributed by atoms with van der Waals surface area (Å²) >= 11 is 0. The van der Waals surface area contributed by atoms with Crippen molar-refractivity contribution in [2.75, 3.05) is 5.32 Å². The topological polar surface area (TPSA) is 130 Å². The van der Waals surface area contributed by atoms with Crippen LogP contribution in [0.5, 0.6) is 0 Å². The van der Waals surface area contributed by atoms with E-state index in [1.54, 1.807) is 25.1 Å². The molecule has 144 valence electrons. The molecule has 0 saturated heterocycles. The van der Waals surface area contributed by atoms with Crippen molar-refractivity contribution in [2.45, 2.75) is 11.8 Å². The van der Waals surface area contributed by atoms with Gasteiger partial charge >= 0.3 is 0 Å². The molecule has 3 N–H and O–H groups in total. The number of pyridine rings is 1. The van der Waals surface area contributed by atoms with Gasteiger partial charge in [-0.15, -0.1) is 0 Å². The van der Waals surface area contributed by atoms with Crippen LogP contribution in [0.15, 0.2) is 58.2 Å². The molecule has 0 bridgehead atoms. The first kappa shape index (κ1) is 18.6. The second kappa shape index (κ2) is 6.70. The Labute approximate surface area is 165 Å². The first-order chi connectivity index (χ1) is 13.8. The molecule has 0 radical (unpaired) electrons. The average molecular weight is 405 g/mol. The van der Waals surface area contributed by atoms with E-state index in [0.717, 1.165) is 0 Å². The molecule has 2 aromatic heterocycles. The van der Waals surface area contributed by atoms with Gasteiger partial charge in [-0.25, -0.2) is 18.5 Å². The quantitative estimate of drug-likeness (QED) is 0.527. The van der Waals surface area contributed by atoms with Gasteiger partial charge in [-0.1, -0.05) is 12.1 Å². The van der Waals surface area contributed by atoms with E-state index >= 15 is 0 Å². The van der Waals surface area contributed by atoms with Gasteiger partial charge in [0.15, 0.2) is 5.65 Å². The van der Waals surface area contributed by atoms with Gasteiger partial charge in [0, 0.05) is 11.9 Å². The van der Waals surface area contributed by atoms with Gasteiger partial charge in [-0.3, -0.25) is 9.20 Å². The van der Waals surface area contributed by atoms with Gasteiger partial charge in [0.25, 0.3) is 5.56 Å². The number of para-hydroxylation sites is 2. The van der Waals surface area contributed by atoms with E-state index in [-0.39, 0.29) is 10.5 Å². The molecule has 0 aliphatic carbocycles. The van der Waals surface area contributed by atoms with Crippen molar-refractivity contribution in [2.24, 2.45) is 5.14 Å². The van der Waals surface area contributed by atoms with Crippen LogP contribution < -0.4 is 21.2 Å². The zero-order valence-electron chi connectivity index (χ0n) is 15.2. The number of nitrogens with two attached hydrogens (primary N) is 1. The molecule has 8 nitrogen and oxygen atoms in total. The first-order valence-corrected chi connectivity index (χ1v) is 10.1. The minimum Gasteiger partial charge on any atom is -0.361 e. The van der Waals surface area contributed by atoms with Gasteiger partial charge in [-0.05, 0) is 48.9 Å². The summed E-state index contributed by atoms with van der Waals surface area (Å²) in [5.41, 5.74) is 2.66.